The minimum absolute atomic E-state index is 0.140. The Labute approximate surface area is 128 Å². The van der Waals surface area contributed by atoms with Gasteiger partial charge in [-0.3, -0.25) is 0 Å². The van der Waals surface area contributed by atoms with Gasteiger partial charge in [0.15, 0.2) is 0 Å². The van der Waals surface area contributed by atoms with Gasteiger partial charge >= 0.3 is 6.09 Å². The molecule has 0 spiro atoms. The first-order chi connectivity index (χ1) is 9.48. The number of unbranched alkanes of at least 4 members (excludes halogenated alkanes) is 1. The molecule has 0 atom stereocenters. The zero-order chi connectivity index (χ0) is 14.8. The van der Waals surface area contributed by atoms with Crippen molar-refractivity contribution in [1.82, 2.24) is 4.90 Å². The molecule has 1 aromatic carbocycles. The van der Waals surface area contributed by atoms with E-state index in [1.165, 1.54) is 4.90 Å². The lowest BCUT2D eigenvalue weighted by Gasteiger charge is -2.46. The molecule has 0 bridgehead atoms. The fourth-order valence-electron chi connectivity index (χ4n) is 2.21. The molecule has 0 saturated carbocycles. The molecule has 6 heteroatoms. The monoisotopic (exact) mass is 317 g/mol. The molecular weight excluding hydrogens is 301 g/mol. The molecule has 1 amide bonds. The van der Waals surface area contributed by atoms with E-state index >= 15 is 0 Å². The van der Waals surface area contributed by atoms with Gasteiger partial charge in [-0.05, 0) is 18.6 Å². The highest BCUT2D eigenvalue weighted by molar-refractivity contribution is 6.36. The van der Waals surface area contributed by atoms with Crippen molar-refractivity contribution in [2.45, 2.75) is 25.4 Å². The molecule has 1 N–H and O–H groups in total. The van der Waals surface area contributed by atoms with Crippen LogP contribution in [0.15, 0.2) is 18.2 Å². The quantitative estimate of drug-likeness (QED) is 0.865. The molecule has 0 unspecified atom stereocenters. The summed E-state index contributed by atoms with van der Waals surface area (Å²) >= 11 is 12.2. The first kappa shape index (κ1) is 15.4. The summed E-state index contributed by atoms with van der Waals surface area (Å²) in [4.78, 5) is 13.2. The molecule has 2 rings (SSSR count). The highest BCUT2D eigenvalue weighted by Gasteiger charge is 2.47. The smallest absolute Gasteiger partial charge is 0.409 e. The maximum absolute atomic E-state index is 11.7. The SMILES string of the molecule is CCCCOC(=O)N1CC(O)(c2c(Cl)cccc2Cl)C1. The first-order valence-corrected chi connectivity index (χ1v) is 7.32. The molecule has 0 aromatic heterocycles. The van der Waals surface area contributed by atoms with E-state index in [4.69, 9.17) is 27.9 Å². The van der Waals surface area contributed by atoms with Gasteiger partial charge < -0.3 is 14.7 Å². The second-order valence-corrected chi connectivity index (χ2v) is 5.77. The van der Waals surface area contributed by atoms with Crippen molar-refractivity contribution in [2.24, 2.45) is 0 Å². The normalized spacial score (nSPS) is 16.7. The van der Waals surface area contributed by atoms with Crippen LogP contribution in [0.3, 0.4) is 0 Å². The number of benzene rings is 1. The van der Waals surface area contributed by atoms with Crippen molar-refractivity contribution in [3.63, 3.8) is 0 Å². The van der Waals surface area contributed by atoms with Crippen molar-refractivity contribution in [3.8, 4) is 0 Å². The third kappa shape index (κ3) is 3.03. The Hall–Kier alpha value is -0.970. The largest absolute Gasteiger partial charge is 0.449 e. The zero-order valence-corrected chi connectivity index (χ0v) is 12.7. The number of nitrogens with zero attached hydrogens (tertiary/aromatic N) is 1. The highest BCUT2D eigenvalue weighted by atomic mass is 35.5. The van der Waals surface area contributed by atoms with Crippen LogP contribution >= 0.6 is 23.2 Å². The number of carbonyl (C=O) groups excluding carboxylic acids is 1. The van der Waals surface area contributed by atoms with E-state index in [2.05, 4.69) is 0 Å². The van der Waals surface area contributed by atoms with Crippen LogP contribution in [0, 0.1) is 0 Å². The van der Waals surface area contributed by atoms with Crippen molar-refractivity contribution < 1.29 is 14.6 Å². The fourth-order valence-corrected chi connectivity index (χ4v) is 2.96. The minimum Gasteiger partial charge on any atom is -0.449 e. The van der Waals surface area contributed by atoms with Gasteiger partial charge in [0.1, 0.15) is 5.60 Å². The van der Waals surface area contributed by atoms with E-state index in [9.17, 15) is 9.90 Å². The Morgan fingerprint density at radius 2 is 2.00 bits per heavy atom. The summed E-state index contributed by atoms with van der Waals surface area (Å²) in [6.45, 7) is 2.70. The maximum atomic E-state index is 11.7. The zero-order valence-electron chi connectivity index (χ0n) is 11.2. The number of hydrogen-bond acceptors (Lipinski definition) is 3. The van der Waals surface area contributed by atoms with Gasteiger partial charge in [0.05, 0.1) is 19.7 Å². The predicted molar refractivity (Wildman–Crippen MR) is 78.2 cm³/mol. The lowest BCUT2D eigenvalue weighted by molar-refractivity contribution is -0.0940. The summed E-state index contributed by atoms with van der Waals surface area (Å²) < 4.78 is 5.09. The first-order valence-electron chi connectivity index (χ1n) is 6.56. The number of aliphatic hydroxyl groups is 1. The predicted octanol–water partition coefficient (Wildman–Crippen LogP) is 3.43. The van der Waals surface area contributed by atoms with Crippen molar-refractivity contribution >= 4 is 29.3 Å². The topological polar surface area (TPSA) is 49.8 Å². The lowest BCUT2D eigenvalue weighted by Crippen LogP contribution is -2.61. The van der Waals surface area contributed by atoms with Gasteiger partial charge in [-0.25, -0.2) is 4.79 Å². The van der Waals surface area contributed by atoms with Crippen LogP contribution in [0.25, 0.3) is 0 Å². The van der Waals surface area contributed by atoms with Crippen LogP contribution in [-0.2, 0) is 10.3 Å². The van der Waals surface area contributed by atoms with Crippen molar-refractivity contribution in [1.29, 1.82) is 0 Å². The maximum Gasteiger partial charge on any atom is 0.409 e. The van der Waals surface area contributed by atoms with E-state index in [1.807, 2.05) is 6.92 Å². The van der Waals surface area contributed by atoms with Gasteiger partial charge in [0, 0.05) is 15.6 Å². The molecule has 1 fully saturated rings. The third-order valence-corrected chi connectivity index (χ3v) is 3.94. The summed E-state index contributed by atoms with van der Waals surface area (Å²) in [5, 5.41) is 11.3. The highest BCUT2D eigenvalue weighted by Crippen LogP contribution is 2.40. The van der Waals surface area contributed by atoms with Gasteiger partial charge in [-0.2, -0.15) is 0 Å². The van der Waals surface area contributed by atoms with E-state index < -0.39 is 11.7 Å². The molecule has 0 aliphatic carbocycles. The number of β-amino-alcohol motifs (C(OH)–C–C–N with tert-alkyl or cyclic N) is 1. The lowest BCUT2D eigenvalue weighted by atomic mass is 9.86. The van der Waals surface area contributed by atoms with Crippen molar-refractivity contribution in [3.05, 3.63) is 33.8 Å². The third-order valence-electron chi connectivity index (χ3n) is 3.31. The number of amides is 1. The van der Waals surface area contributed by atoms with E-state index in [-0.39, 0.29) is 13.1 Å². The molecule has 1 aromatic rings. The minimum atomic E-state index is -1.20. The molecule has 1 aliphatic rings. The average molecular weight is 318 g/mol. The number of halogens is 2. The summed E-state index contributed by atoms with van der Waals surface area (Å²) in [7, 11) is 0. The molecule has 110 valence electrons. The molecule has 1 aliphatic heterocycles. The van der Waals surface area contributed by atoms with Gasteiger partial charge in [-0.15, -0.1) is 0 Å². The Morgan fingerprint density at radius 1 is 1.40 bits per heavy atom. The Kier molecular flexibility index (Phi) is 4.78. The number of rotatable bonds is 4. The van der Waals surface area contributed by atoms with Crippen LogP contribution in [0.2, 0.25) is 10.0 Å². The summed E-state index contributed by atoms with van der Waals surface area (Å²) in [6.07, 6.45) is 1.39. The Bertz CT molecular complexity index is 481. The molecule has 4 nitrogen and oxygen atoms in total. The molecule has 0 radical (unpaired) electrons. The van der Waals surface area contributed by atoms with Gasteiger partial charge in [-0.1, -0.05) is 42.6 Å². The molecular formula is C14H17Cl2NO3. The standard InChI is InChI=1S/C14H17Cl2NO3/c1-2-3-7-20-13(18)17-8-14(19,9-17)12-10(15)5-4-6-11(12)16/h4-6,19H,2-3,7-9H2,1H3. The van der Waals surface area contributed by atoms with Crippen LogP contribution in [-0.4, -0.2) is 35.8 Å². The molecule has 1 saturated heterocycles. The molecule has 20 heavy (non-hydrogen) atoms. The van der Waals surface area contributed by atoms with Crippen LogP contribution in [0.1, 0.15) is 25.3 Å². The van der Waals surface area contributed by atoms with E-state index in [1.54, 1.807) is 18.2 Å². The van der Waals surface area contributed by atoms with Crippen LogP contribution in [0.4, 0.5) is 4.79 Å². The number of hydrogen-bond donors (Lipinski definition) is 1. The van der Waals surface area contributed by atoms with Gasteiger partial charge in [0.25, 0.3) is 0 Å². The average Bonchev–Trinajstić information content (AvgIpc) is 2.35. The second-order valence-electron chi connectivity index (χ2n) is 4.95. The summed E-state index contributed by atoms with van der Waals surface area (Å²) in [5.41, 5.74) is -0.722. The number of carbonyl (C=O) groups is 1. The Morgan fingerprint density at radius 3 is 2.55 bits per heavy atom. The summed E-state index contributed by atoms with van der Waals surface area (Å²) in [6, 6.07) is 5.05. The number of ether oxygens (including phenoxy) is 1. The van der Waals surface area contributed by atoms with Crippen molar-refractivity contribution in [2.75, 3.05) is 19.7 Å². The Balaban J connectivity index is 1.99. The van der Waals surface area contributed by atoms with Crippen LogP contribution < -0.4 is 0 Å². The van der Waals surface area contributed by atoms with Crippen LogP contribution in [0.5, 0.6) is 0 Å². The summed E-state index contributed by atoms with van der Waals surface area (Å²) in [5.74, 6) is 0. The molecule has 1 heterocycles. The van der Waals surface area contributed by atoms with E-state index in [0.717, 1.165) is 12.8 Å². The van der Waals surface area contributed by atoms with Gasteiger partial charge in [0.2, 0.25) is 0 Å². The number of likely N-dealkylation sites (tertiary alicyclic amines) is 1. The second kappa shape index (κ2) is 6.20. The van der Waals surface area contributed by atoms with E-state index in [0.29, 0.717) is 22.2 Å². The fraction of sp³-hybridized carbons (Fsp3) is 0.500.